The maximum Gasteiger partial charge on any atom is 0.308 e. The summed E-state index contributed by atoms with van der Waals surface area (Å²) in [6, 6.07) is 8.47. The van der Waals surface area contributed by atoms with E-state index >= 15 is 0 Å². The molecule has 1 aromatic carbocycles. The number of carbonyl (C=O) groups is 2. The molecular weight excluding hydrogens is 282 g/mol. The Morgan fingerprint density at radius 1 is 1.32 bits per heavy atom. The normalized spacial score (nSPS) is 14.6. The van der Waals surface area contributed by atoms with Crippen molar-refractivity contribution in [1.82, 2.24) is 5.32 Å². The van der Waals surface area contributed by atoms with Crippen LogP contribution in [0.15, 0.2) is 43.0 Å². The van der Waals surface area contributed by atoms with Crippen molar-refractivity contribution >= 4 is 11.9 Å². The molecule has 3 unspecified atom stereocenters. The van der Waals surface area contributed by atoms with Gasteiger partial charge in [-0.25, -0.2) is 0 Å². The number of carbonyl (C=O) groups excluding carboxylic acids is 1. The third-order valence-electron chi connectivity index (χ3n) is 3.41. The van der Waals surface area contributed by atoms with Gasteiger partial charge in [-0.1, -0.05) is 36.4 Å². The van der Waals surface area contributed by atoms with Gasteiger partial charge in [0.15, 0.2) is 0 Å². The van der Waals surface area contributed by atoms with Gasteiger partial charge in [-0.3, -0.25) is 9.59 Å². The summed E-state index contributed by atoms with van der Waals surface area (Å²) in [7, 11) is 0. The molecule has 5 nitrogen and oxygen atoms in total. The fourth-order valence-electron chi connectivity index (χ4n) is 1.97. The van der Waals surface area contributed by atoms with E-state index in [-0.39, 0.29) is 5.91 Å². The molecule has 1 rings (SSSR count). The van der Waals surface area contributed by atoms with Crippen LogP contribution in [0.4, 0.5) is 0 Å². The number of amides is 1. The van der Waals surface area contributed by atoms with Gasteiger partial charge in [0.25, 0.3) is 0 Å². The zero-order valence-electron chi connectivity index (χ0n) is 13.0. The molecule has 1 aromatic rings. The van der Waals surface area contributed by atoms with Crippen molar-refractivity contribution < 1.29 is 19.4 Å². The van der Waals surface area contributed by atoms with Gasteiger partial charge < -0.3 is 15.2 Å². The number of hydrogen-bond acceptors (Lipinski definition) is 3. The predicted octanol–water partition coefficient (Wildman–Crippen LogP) is 2.55. The van der Waals surface area contributed by atoms with E-state index in [9.17, 15) is 14.7 Å². The number of rotatable bonds is 9. The smallest absolute Gasteiger partial charge is 0.308 e. The van der Waals surface area contributed by atoms with Crippen LogP contribution in [-0.2, 0) is 14.3 Å². The fourth-order valence-corrected chi connectivity index (χ4v) is 1.97. The number of carboxylic acid groups (broad SMARTS) is 1. The number of aliphatic carboxylic acids is 1. The first-order chi connectivity index (χ1) is 10.5. The lowest BCUT2D eigenvalue weighted by Crippen LogP contribution is -2.41. The van der Waals surface area contributed by atoms with Crippen molar-refractivity contribution in [2.75, 3.05) is 6.61 Å². The maximum absolute atomic E-state index is 12.2. The summed E-state index contributed by atoms with van der Waals surface area (Å²) in [5.74, 6) is -2.04. The number of ether oxygens (including phenoxy) is 1. The van der Waals surface area contributed by atoms with Crippen LogP contribution >= 0.6 is 0 Å². The Labute approximate surface area is 131 Å². The second-order valence-corrected chi connectivity index (χ2v) is 5.11. The molecule has 0 bridgehead atoms. The number of carboxylic acids is 1. The highest BCUT2D eigenvalue weighted by molar-refractivity contribution is 5.82. The summed E-state index contributed by atoms with van der Waals surface area (Å²) in [6.45, 7) is 7.21. The van der Waals surface area contributed by atoms with E-state index in [1.54, 1.807) is 32.1 Å². The van der Waals surface area contributed by atoms with Gasteiger partial charge in [0, 0.05) is 0 Å². The minimum atomic E-state index is -0.964. The molecule has 0 aliphatic rings. The summed E-state index contributed by atoms with van der Waals surface area (Å²) in [6.07, 6.45) is 1.72. The Balaban J connectivity index is 2.78. The van der Waals surface area contributed by atoms with Gasteiger partial charge in [-0.15, -0.1) is 6.58 Å². The van der Waals surface area contributed by atoms with Crippen molar-refractivity contribution in [2.24, 2.45) is 5.92 Å². The second kappa shape index (κ2) is 9.00. The standard InChI is InChI=1S/C17H23NO4/c1-4-5-11-22-13(3)16(19)18-15(12(2)17(20)21)14-9-7-6-8-10-14/h4,6-10,12-13,15H,1,5,11H2,2-3H3,(H,18,19)(H,20,21). The highest BCUT2D eigenvalue weighted by Crippen LogP contribution is 2.22. The van der Waals surface area contributed by atoms with Crippen molar-refractivity contribution in [2.45, 2.75) is 32.4 Å². The number of hydrogen-bond donors (Lipinski definition) is 2. The third kappa shape index (κ3) is 5.33. The van der Waals surface area contributed by atoms with Crippen LogP contribution in [0.1, 0.15) is 31.9 Å². The molecule has 0 radical (unpaired) electrons. The van der Waals surface area contributed by atoms with Gasteiger partial charge in [0.2, 0.25) is 5.91 Å². The zero-order valence-corrected chi connectivity index (χ0v) is 13.0. The molecule has 120 valence electrons. The van der Waals surface area contributed by atoms with Crippen molar-refractivity contribution in [3.63, 3.8) is 0 Å². The van der Waals surface area contributed by atoms with Gasteiger partial charge >= 0.3 is 5.97 Å². The van der Waals surface area contributed by atoms with Crippen LogP contribution in [0.3, 0.4) is 0 Å². The lowest BCUT2D eigenvalue weighted by molar-refractivity contribution is -0.143. The Kier molecular flexibility index (Phi) is 7.32. The van der Waals surface area contributed by atoms with Gasteiger partial charge in [-0.05, 0) is 25.8 Å². The molecule has 0 fully saturated rings. The molecule has 2 N–H and O–H groups in total. The Hall–Kier alpha value is -2.14. The Morgan fingerprint density at radius 3 is 2.50 bits per heavy atom. The van der Waals surface area contributed by atoms with Crippen LogP contribution in [0, 0.1) is 5.92 Å². The van der Waals surface area contributed by atoms with Crippen LogP contribution in [-0.4, -0.2) is 29.7 Å². The van der Waals surface area contributed by atoms with Crippen LogP contribution < -0.4 is 5.32 Å². The summed E-state index contributed by atoms with van der Waals surface area (Å²) >= 11 is 0. The third-order valence-corrected chi connectivity index (χ3v) is 3.41. The summed E-state index contributed by atoms with van der Waals surface area (Å²) in [5.41, 5.74) is 0.754. The van der Waals surface area contributed by atoms with Crippen molar-refractivity contribution in [1.29, 1.82) is 0 Å². The molecular formula is C17H23NO4. The first-order valence-electron chi connectivity index (χ1n) is 7.28. The van der Waals surface area contributed by atoms with E-state index in [4.69, 9.17) is 4.74 Å². The molecule has 3 atom stereocenters. The van der Waals surface area contributed by atoms with Crippen LogP contribution in [0.2, 0.25) is 0 Å². The summed E-state index contributed by atoms with van der Waals surface area (Å²) in [5, 5.41) is 12.0. The summed E-state index contributed by atoms with van der Waals surface area (Å²) < 4.78 is 5.39. The van der Waals surface area contributed by atoms with E-state index in [2.05, 4.69) is 11.9 Å². The SMILES string of the molecule is C=CCCOC(C)C(=O)NC(c1ccccc1)C(C)C(=O)O. The monoisotopic (exact) mass is 305 g/mol. The second-order valence-electron chi connectivity index (χ2n) is 5.11. The van der Waals surface area contributed by atoms with E-state index in [0.717, 1.165) is 5.56 Å². The molecule has 0 aromatic heterocycles. The van der Waals surface area contributed by atoms with Gasteiger partial charge in [-0.2, -0.15) is 0 Å². The molecule has 0 aliphatic heterocycles. The minimum Gasteiger partial charge on any atom is -0.481 e. The average Bonchev–Trinajstić information content (AvgIpc) is 2.52. The lowest BCUT2D eigenvalue weighted by Gasteiger charge is -2.24. The molecule has 5 heteroatoms. The fraction of sp³-hybridized carbons (Fsp3) is 0.412. The highest BCUT2D eigenvalue weighted by atomic mass is 16.5. The average molecular weight is 305 g/mol. The van der Waals surface area contributed by atoms with Crippen molar-refractivity contribution in [3.8, 4) is 0 Å². The highest BCUT2D eigenvalue weighted by Gasteiger charge is 2.28. The minimum absolute atomic E-state index is 0.328. The first kappa shape index (κ1) is 17.9. The number of benzene rings is 1. The molecule has 0 aliphatic carbocycles. The van der Waals surface area contributed by atoms with E-state index in [1.165, 1.54) is 0 Å². The summed E-state index contributed by atoms with van der Waals surface area (Å²) in [4.78, 5) is 23.5. The van der Waals surface area contributed by atoms with Gasteiger partial charge in [0.1, 0.15) is 6.10 Å². The van der Waals surface area contributed by atoms with Crippen molar-refractivity contribution in [3.05, 3.63) is 48.6 Å². The van der Waals surface area contributed by atoms with Crippen LogP contribution in [0.25, 0.3) is 0 Å². The molecule has 0 heterocycles. The maximum atomic E-state index is 12.2. The zero-order chi connectivity index (χ0) is 16.5. The van der Waals surface area contributed by atoms with E-state index < -0.39 is 24.0 Å². The van der Waals surface area contributed by atoms with E-state index in [0.29, 0.717) is 13.0 Å². The molecule has 0 saturated heterocycles. The molecule has 0 spiro atoms. The number of nitrogens with one attached hydrogen (secondary N) is 1. The molecule has 0 saturated carbocycles. The van der Waals surface area contributed by atoms with Crippen LogP contribution in [0.5, 0.6) is 0 Å². The topological polar surface area (TPSA) is 75.6 Å². The van der Waals surface area contributed by atoms with Gasteiger partial charge in [0.05, 0.1) is 18.6 Å². The quantitative estimate of drug-likeness (QED) is 0.543. The largest absolute Gasteiger partial charge is 0.481 e. The molecule has 22 heavy (non-hydrogen) atoms. The van der Waals surface area contributed by atoms with E-state index in [1.807, 2.05) is 18.2 Å². The Bertz CT molecular complexity index is 501. The Morgan fingerprint density at radius 2 is 1.95 bits per heavy atom. The molecule has 1 amide bonds. The first-order valence-corrected chi connectivity index (χ1v) is 7.28. The predicted molar refractivity (Wildman–Crippen MR) is 84.4 cm³/mol. The lowest BCUT2D eigenvalue weighted by atomic mass is 9.94.